The van der Waals surface area contributed by atoms with Gasteiger partial charge in [-0.1, -0.05) is 42.5 Å². The maximum atomic E-state index is 13.0. The standard InChI is InChI=1S/C25H24N4O4S/c1-32-22-12-6-5-11-19(22)28-25-29-21(16-34-25)24(31)27-20(14-17-8-3-2-4-9-17)23(30)26-15-18-10-7-13-33-18/h2-13,16,20H,14-15H2,1H3,(H,26,30)(H,27,31)(H,28,29). The van der Waals surface area contributed by atoms with E-state index in [2.05, 4.69) is 20.9 Å². The van der Waals surface area contributed by atoms with E-state index in [0.717, 1.165) is 11.3 Å². The normalized spacial score (nSPS) is 11.4. The Morgan fingerprint density at radius 2 is 1.85 bits per heavy atom. The van der Waals surface area contributed by atoms with Crippen molar-refractivity contribution in [2.24, 2.45) is 0 Å². The third kappa shape index (κ3) is 6.02. The summed E-state index contributed by atoms with van der Waals surface area (Å²) in [6.45, 7) is 0.233. The molecule has 0 aliphatic heterocycles. The van der Waals surface area contributed by atoms with Gasteiger partial charge in [-0.3, -0.25) is 9.59 Å². The fourth-order valence-electron chi connectivity index (χ4n) is 3.30. The van der Waals surface area contributed by atoms with E-state index in [1.165, 1.54) is 11.3 Å². The summed E-state index contributed by atoms with van der Waals surface area (Å²) in [6.07, 6.45) is 1.89. The summed E-state index contributed by atoms with van der Waals surface area (Å²) in [5.41, 5.74) is 1.89. The SMILES string of the molecule is COc1ccccc1Nc1nc(C(=O)NC(Cc2ccccc2)C(=O)NCc2ccco2)cs1. The first-order valence-electron chi connectivity index (χ1n) is 10.6. The topological polar surface area (TPSA) is 105 Å². The molecule has 4 rings (SSSR count). The van der Waals surface area contributed by atoms with Gasteiger partial charge in [-0.25, -0.2) is 4.98 Å². The number of carbonyl (C=O) groups excluding carboxylic acids is 2. The van der Waals surface area contributed by atoms with E-state index in [-0.39, 0.29) is 18.1 Å². The number of nitrogens with one attached hydrogen (secondary N) is 3. The van der Waals surface area contributed by atoms with E-state index < -0.39 is 11.9 Å². The number of para-hydroxylation sites is 2. The molecule has 174 valence electrons. The van der Waals surface area contributed by atoms with Crippen LogP contribution in [-0.2, 0) is 17.8 Å². The second kappa shape index (κ2) is 11.2. The predicted octanol–water partition coefficient (Wildman–Crippen LogP) is 4.15. The van der Waals surface area contributed by atoms with Crippen molar-refractivity contribution in [3.63, 3.8) is 0 Å². The van der Waals surface area contributed by atoms with Crippen molar-refractivity contribution in [3.8, 4) is 5.75 Å². The molecule has 34 heavy (non-hydrogen) atoms. The average molecular weight is 477 g/mol. The molecule has 4 aromatic rings. The quantitative estimate of drug-likeness (QED) is 0.318. The summed E-state index contributed by atoms with van der Waals surface area (Å²) >= 11 is 1.29. The number of hydrogen-bond donors (Lipinski definition) is 3. The van der Waals surface area contributed by atoms with Gasteiger partial charge < -0.3 is 25.1 Å². The van der Waals surface area contributed by atoms with Crippen LogP contribution in [-0.4, -0.2) is 29.9 Å². The lowest BCUT2D eigenvalue weighted by Gasteiger charge is -2.18. The number of furan rings is 1. The minimum Gasteiger partial charge on any atom is -0.495 e. The zero-order chi connectivity index (χ0) is 23.8. The molecule has 0 spiro atoms. The number of thiazole rings is 1. The molecule has 1 unspecified atom stereocenters. The van der Waals surface area contributed by atoms with Gasteiger partial charge in [0, 0.05) is 11.8 Å². The first-order valence-corrected chi connectivity index (χ1v) is 11.5. The van der Waals surface area contributed by atoms with Crippen LogP contribution in [0.3, 0.4) is 0 Å². The van der Waals surface area contributed by atoms with Crippen molar-refractivity contribution in [1.29, 1.82) is 0 Å². The molecule has 9 heteroatoms. The number of ether oxygens (including phenoxy) is 1. The molecular formula is C25H24N4O4S. The van der Waals surface area contributed by atoms with Crippen molar-refractivity contribution in [1.82, 2.24) is 15.6 Å². The average Bonchev–Trinajstić information content (AvgIpc) is 3.55. The summed E-state index contributed by atoms with van der Waals surface area (Å²) in [5, 5.41) is 11.0. The van der Waals surface area contributed by atoms with Gasteiger partial charge in [-0.2, -0.15) is 0 Å². The highest BCUT2D eigenvalue weighted by atomic mass is 32.1. The predicted molar refractivity (Wildman–Crippen MR) is 130 cm³/mol. The number of nitrogens with zero attached hydrogens (tertiary/aromatic N) is 1. The molecule has 1 atom stereocenters. The monoisotopic (exact) mass is 476 g/mol. The summed E-state index contributed by atoms with van der Waals surface area (Å²) in [5.74, 6) is 0.555. The van der Waals surface area contributed by atoms with E-state index in [1.807, 2.05) is 54.6 Å². The Kier molecular flexibility index (Phi) is 7.56. The number of benzene rings is 2. The molecule has 2 amide bonds. The van der Waals surface area contributed by atoms with Gasteiger partial charge in [0.05, 0.1) is 25.6 Å². The highest BCUT2D eigenvalue weighted by Crippen LogP contribution is 2.28. The Bertz CT molecular complexity index is 1220. The van der Waals surface area contributed by atoms with Crippen molar-refractivity contribution < 1.29 is 18.7 Å². The third-order valence-electron chi connectivity index (χ3n) is 5.01. The summed E-state index contributed by atoms with van der Waals surface area (Å²) in [6, 6.07) is 19.7. The van der Waals surface area contributed by atoms with E-state index in [0.29, 0.717) is 23.1 Å². The second-order valence-corrected chi connectivity index (χ2v) is 8.23. The number of methoxy groups -OCH3 is 1. The maximum absolute atomic E-state index is 13.0. The summed E-state index contributed by atoms with van der Waals surface area (Å²) < 4.78 is 10.6. The first kappa shape index (κ1) is 23.1. The van der Waals surface area contributed by atoms with E-state index in [9.17, 15) is 9.59 Å². The molecular weight excluding hydrogens is 452 g/mol. The Morgan fingerprint density at radius 1 is 1.06 bits per heavy atom. The van der Waals surface area contributed by atoms with Crippen molar-refractivity contribution in [2.45, 2.75) is 19.0 Å². The lowest BCUT2D eigenvalue weighted by Crippen LogP contribution is -2.47. The molecule has 0 fully saturated rings. The van der Waals surface area contributed by atoms with Crippen LogP contribution in [0.1, 0.15) is 21.8 Å². The summed E-state index contributed by atoms with van der Waals surface area (Å²) in [7, 11) is 1.59. The van der Waals surface area contributed by atoms with Crippen molar-refractivity contribution in [3.05, 3.63) is 95.4 Å². The molecule has 0 aliphatic rings. The van der Waals surface area contributed by atoms with Crippen LogP contribution < -0.4 is 20.7 Å². The number of aromatic nitrogens is 1. The highest BCUT2D eigenvalue weighted by Gasteiger charge is 2.23. The fourth-order valence-corrected chi connectivity index (χ4v) is 4.00. The Hall–Kier alpha value is -4.11. The van der Waals surface area contributed by atoms with Gasteiger partial charge in [-0.15, -0.1) is 11.3 Å². The summed E-state index contributed by atoms with van der Waals surface area (Å²) in [4.78, 5) is 30.2. The molecule has 3 N–H and O–H groups in total. The van der Waals surface area contributed by atoms with Crippen LogP contribution in [0.4, 0.5) is 10.8 Å². The molecule has 0 bridgehead atoms. The van der Waals surface area contributed by atoms with Crippen LogP contribution in [0, 0.1) is 0 Å². The minimum absolute atomic E-state index is 0.222. The van der Waals surface area contributed by atoms with Crippen molar-refractivity contribution in [2.75, 3.05) is 12.4 Å². The van der Waals surface area contributed by atoms with Crippen LogP contribution in [0.25, 0.3) is 0 Å². The fraction of sp³-hybridized carbons (Fsp3) is 0.160. The van der Waals surface area contributed by atoms with Gasteiger partial charge in [0.15, 0.2) is 5.13 Å². The van der Waals surface area contributed by atoms with Gasteiger partial charge in [-0.05, 0) is 29.8 Å². The van der Waals surface area contributed by atoms with E-state index in [4.69, 9.17) is 9.15 Å². The zero-order valence-electron chi connectivity index (χ0n) is 18.5. The smallest absolute Gasteiger partial charge is 0.271 e. The molecule has 2 aromatic carbocycles. The largest absolute Gasteiger partial charge is 0.495 e. The Morgan fingerprint density at radius 3 is 2.62 bits per heavy atom. The van der Waals surface area contributed by atoms with Gasteiger partial charge in [0.1, 0.15) is 23.2 Å². The van der Waals surface area contributed by atoms with Crippen LogP contribution in [0.15, 0.2) is 82.8 Å². The van der Waals surface area contributed by atoms with Gasteiger partial charge in [0.25, 0.3) is 5.91 Å². The number of rotatable bonds is 10. The molecule has 2 aromatic heterocycles. The number of hydrogen-bond acceptors (Lipinski definition) is 7. The Balaban J connectivity index is 1.44. The van der Waals surface area contributed by atoms with Crippen LogP contribution in [0.5, 0.6) is 5.75 Å². The molecule has 0 radical (unpaired) electrons. The lowest BCUT2D eigenvalue weighted by atomic mass is 10.0. The van der Waals surface area contributed by atoms with E-state index >= 15 is 0 Å². The molecule has 0 saturated heterocycles. The first-order chi connectivity index (χ1) is 16.6. The molecule has 0 saturated carbocycles. The van der Waals surface area contributed by atoms with Crippen LogP contribution in [0.2, 0.25) is 0 Å². The highest BCUT2D eigenvalue weighted by molar-refractivity contribution is 7.14. The van der Waals surface area contributed by atoms with Crippen LogP contribution >= 0.6 is 11.3 Å². The molecule has 0 aliphatic carbocycles. The van der Waals surface area contributed by atoms with Gasteiger partial charge >= 0.3 is 0 Å². The minimum atomic E-state index is -0.780. The number of anilines is 2. The second-order valence-electron chi connectivity index (χ2n) is 7.38. The maximum Gasteiger partial charge on any atom is 0.271 e. The van der Waals surface area contributed by atoms with Gasteiger partial charge in [0.2, 0.25) is 5.91 Å². The number of carbonyl (C=O) groups is 2. The zero-order valence-corrected chi connectivity index (χ0v) is 19.3. The molecule has 2 heterocycles. The lowest BCUT2D eigenvalue weighted by molar-refractivity contribution is -0.123. The van der Waals surface area contributed by atoms with E-state index in [1.54, 1.807) is 30.9 Å². The van der Waals surface area contributed by atoms with Crippen molar-refractivity contribution >= 4 is 34.0 Å². The number of amides is 2. The Labute approximate surface area is 201 Å². The molecule has 8 nitrogen and oxygen atoms in total. The third-order valence-corrected chi connectivity index (χ3v) is 5.76.